The summed E-state index contributed by atoms with van der Waals surface area (Å²) < 4.78 is 5.28. The zero-order valence-electron chi connectivity index (χ0n) is 13.0. The van der Waals surface area contributed by atoms with Crippen molar-refractivity contribution in [3.63, 3.8) is 0 Å². The summed E-state index contributed by atoms with van der Waals surface area (Å²) in [7, 11) is 0. The normalized spacial score (nSPS) is 17.7. The number of carbonyl (C=O) groups is 2. The molecule has 0 saturated carbocycles. The number of anilines is 2. The minimum atomic E-state index is -0.745. The fourth-order valence-electron chi connectivity index (χ4n) is 2.28. The van der Waals surface area contributed by atoms with Crippen LogP contribution in [0.3, 0.4) is 0 Å². The molecule has 0 fully saturated rings. The molecule has 5 heteroatoms. The summed E-state index contributed by atoms with van der Waals surface area (Å²) in [6, 6.07) is 7.47. The van der Waals surface area contributed by atoms with Crippen LogP contribution in [0.15, 0.2) is 24.3 Å². The van der Waals surface area contributed by atoms with Gasteiger partial charge in [0.15, 0.2) is 0 Å². The predicted molar refractivity (Wildman–Crippen MR) is 82.3 cm³/mol. The van der Waals surface area contributed by atoms with Crippen LogP contribution in [0.5, 0.6) is 0 Å². The first-order chi connectivity index (χ1) is 9.85. The van der Waals surface area contributed by atoms with Crippen LogP contribution in [-0.4, -0.2) is 30.1 Å². The first kappa shape index (κ1) is 15.4. The number of nitrogens with one attached hydrogen (secondary N) is 1. The quantitative estimate of drug-likeness (QED) is 0.866. The van der Waals surface area contributed by atoms with Gasteiger partial charge in [0.25, 0.3) is 5.91 Å². The van der Waals surface area contributed by atoms with E-state index in [1.54, 1.807) is 13.8 Å². The third kappa shape index (κ3) is 3.17. The van der Waals surface area contributed by atoms with Crippen molar-refractivity contribution in [1.29, 1.82) is 0 Å². The van der Waals surface area contributed by atoms with Crippen molar-refractivity contribution in [2.75, 3.05) is 16.8 Å². The molecule has 0 saturated heterocycles. The molecule has 1 N–H and O–H groups in total. The predicted octanol–water partition coefficient (Wildman–Crippen LogP) is 2.57. The third-order valence-electron chi connectivity index (χ3n) is 3.62. The smallest absolute Gasteiger partial charge is 0.326 e. The summed E-state index contributed by atoms with van der Waals surface area (Å²) in [4.78, 5) is 26.1. The number of ether oxygens (including phenoxy) is 1. The van der Waals surface area contributed by atoms with Gasteiger partial charge in [-0.05, 0) is 39.3 Å². The van der Waals surface area contributed by atoms with Crippen LogP contribution in [0.2, 0.25) is 0 Å². The summed E-state index contributed by atoms with van der Waals surface area (Å²) in [5.41, 5.74) is 0.812. The van der Waals surface area contributed by atoms with Crippen LogP contribution in [0.25, 0.3) is 0 Å². The molecule has 1 atom stereocenters. The highest BCUT2D eigenvalue weighted by Gasteiger charge is 2.39. The van der Waals surface area contributed by atoms with E-state index in [1.807, 2.05) is 38.1 Å². The standard InChI is InChI=1S/C16H22N2O3/c1-5-11(2)21-14(19)10-18-13-9-7-6-8-12(13)17-16(3,4)15(18)20/h6-9,11,17H,5,10H2,1-4H3. The average molecular weight is 290 g/mol. The Morgan fingerprint density at radius 2 is 2.05 bits per heavy atom. The number of rotatable bonds is 4. The Balaban J connectivity index is 2.24. The van der Waals surface area contributed by atoms with E-state index in [-0.39, 0.29) is 24.5 Å². The highest BCUT2D eigenvalue weighted by atomic mass is 16.5. The molecular weight excluding hydrogens is 268 g/mol. The van der Waals surface area contributed by atoms with Gasteiger partial charge < -0.3 is 10.1 Å². The van der Waals surface area contributed by atoms with Gasteiger partial charge in [0.05, 0.1) is 17.5 Å². The van der Waals surface area contributed by atoms with Crippen molar-refractivity contribution in [3.05, 3.63) is 24.3 Å². The van der Waals surface area contributed by atoms with Gasteiger partial charge in [0, 0.05) is 0 Å². The van der Waals surface area contributed by atoms with E-state index in [0.29, 0.717) is 5.69 Å². The van der Waals surface area contributed by atoms with Crippen molar-refractivity contribution in [2.45, 2.75) is 45.8 Å². The molecule has 1 aliphatic heterocycles. The lowest BCUT2D eigenvalue weighted by Crippen LogP contribution is -2.55. The zero-order chi connectivity index (χ0) is 15.6. The Kier molecular flexibility index (Phi) is 4.21. The Labute approximate surface area is 125 Å². The van der Waals surface area contributed by atoms with Crippen molar-refractivity contribution in [3.8, 4) is 0 Å². The van der Waals surface area contributed by atoms with Gasteiger partial charge in [-0.1, -0.05) is 19.1 Å². The van der Waals surface area contributed by atoms with Crippen LogP contribution < -0.4 is 10.2 Å². The molecule has 5 nitrogen and oxygen atoms in total. The molecule has 0 radical (unpaired) electrons. The van der Waals surface area contributed by atoms with Crippen molar-refractivity contribution < 1.29 is 14.3 Å². The second kappa shape index (κ2) is 5.76. The van der Waals surface area contributed by atoms with Crippen LogP contribution in [0.4, 0.5) is 11.4 Å². The number of para-hydroxylation sites is 2. The van der Waals surface area contributed by atoms with E-state index in [0.717, 1.165) is 12.1 Å². The number of esters is 1. The lowest BCUT2D eigenvalue weighted by atomic mass is 9.98. The monoisotopic (exact) mass is 290 g/mol. The highest BCUT2D eigenvalue weighted by molar-refractivity contribution is 6.09. The molecule has 1 aromatic carbocycles. The summed E-state index contributed by atoms with van der Waals surface area (Å²) in [6.45, 7) is 7.34. The number of amides is 1. The first-order valence-corrected chi connectivity index (χ1v) is 7.24. The number of fused-ring (bicyclic) bond motifs is 1. The van der Waals surface area contributed by atoms with Crippen molar-refractivity contribution >= 4 is 23.3 Å². The maximum atomic E-state index is 12.6. The van der Waals surface area contributed by atoms with Gasteiger partial charge in [-0.25, -0.2) is 0 Å². The second-order valence-corrected chi connectivity index (χ2v) is 5.87. The molecule has 1 unspecified atom stereocenters. The number of benzene rings is 1. The van der Waals surface area contributed by atoms with Gasteiger partial charge in [-0.3, -0.25) is 14.5 Å². The maximum absolute atomic E-state index is 12.6. The summed E-state index contributed by atoms with van der Waals surface area (Å²) in [6.07, 6.45) is 0.613. The Bertz CT molecular complexity index is 554. The first-order valence-electron chi connectivity index (χ1n) is 7.24. The van der Waals surface area contributed by atoms with Gasteiger partial charge in [0.2, 0.25) is 0 Å². The molecule has 1 heterocycles. The molecule has 0 aliphatic carbocycles. The zero-order valence-corrected chi connectivity index (χ0v) is 13.0. The molecule has 114 valence electrons. The third-order valence-corrected chi connectivity index (χ3v) is 3.62. The molecule has 1 aromatic rings. The van der Waals surface area contributed by atoms with E-state index < -0.39 is 5.54 Å². The molecule has 1 amide bonds. The molecular formula is C16H22N2O3. The minimum absolute atomic E-state index is 0.0642. The van der Waals surface area contributed by atoms with Crippen LogP contribution in [-0.2, 0) is 14.3 Å². The van der Waals surface area contributed by atoms with E-state index >= 15 is 0 Å². The Morgan fingerprint density at radius 1 is 1.38 bits per heavy atom. The largest absolute Gasteiger partial charge is 0.461 e. The summed E-state index contributed by atoms with van der Waals surface area (Å²) >= 11 is 0. The van der Waals surface area contributed by atoms with E-state index in [9.17, 15) is 9.59 Å². The van der Waals surface area contributed by atoms with E-state index in [4.69, 9.17) is 4.74 Å². The molecule has 21 heavy (non-hydrogen) atoms. The fraction of sp³-hybridized carbons (Fsp3) is 0.500. The molecule has 0 spiro atoms. The maximum Gasteiger partial charge on any atom is 0.326 e. The Hall–Kier alpha value is -2.04. The van der Waals surface area contributed by atoms with Crippen LogP contribution >= 0.6 is 0 Å². The number of carbonyl (C=O) groups excluding carboxylic acids is 2. The molecule has 2 rings (SSSR count). The molecule has 1 aliphatic rings. The minimum Gasteiger partial charge on any atom is -0.461 e. The van der Waals surface area contributed by atoms with Gasteiger partial charge in [0.1, 0.15) is 12.1 Å². The van der Waals surface area contributed by atoms with E-state index in [1.165, 1.54) is 4.90 Å². The summed E-state index contributed by atoms with van der Waals surface area (Å²) in [5, 5.41) is 3.20. The second-order valence-electron chi connectivity index (χ2n) is 5.87. The number of nitrogens with zero attached hydrogens (tertiary/aromatic N) is 1. The lowest BCUT2D eigenvalue weighted by Gasteiger charge is -2.39. The van der Waals surface area contributed by atoms with Crippen LogP contribution in [0.1, 0.15) is 34.1 Å². The molecule has 0 aromatic heterocycles. The van der Waals surface area contributed by atoms with E-state index in [2.05, 4.69) is 5.32 Å². The number of hydrogen-bond donors (Lipinski definition) is 1. The highest BCUT2D eigenvalue weighted by Crippen LogP contribution is 2.34. The SMILES string of the molecule is CCC(C)OC(=O)CN1C(=O)C(C)(C)Nc2ccccc21. The molecule has 0 bridgehead atoms. The van der Waals surface area contributed by atoms with Crippen molar-refractivity contribution in [1.82, 2.24) is 0 Å². The lowest BCUT2D eigenvalue weighted by molar-refractivity contribution is -0.147. The average Bonchev–Trinajstić information content (AvgIpc) is 2.43. The van der Waals surface area contributed by atoms with Gasteiger partial charge in [-0.2, -0.15) is 0 Å². The van der Waals surface area contributed by atoms with Gasteiger partial charge >= 0.3 is 5.97 Å². The Morgan fingerprint density at radius 3 is 2.71 bits per heavy atom. The van der Waals surface area contributed by atoms with Crippen LogP contribution in [0, 0.1) is 0 Å². The van der Waals surface area contributed by atoms with Crippen molar-refractivity contribution in [2.24, 2.45) is 0 Å². The fourth-order valence-corrected chi connectivity index (χ4v) is 2.28. The summed E-state index contributed by atoms with van der Waals surface area (Å²) in [5.74, 6) is -0.521. The van der Waals surface area contributed by atoms with Gasteiger partial charge in [-0.15, -0.1) is 0 Å². The topological polar surface area (TPSA) is 58.6 Å². The number of hydrogen-bond acceptors (Lipinski definition) is 4.